The number of hydrogen-bond donors (Lipinski definition) is 4. The van der Waals surface area contributed by atoms with Gasteiger partial charge in [0.2, 0.25) is 5.69 Å². The fourth-order valence-electron chi connectivity index (χ4n) is 10.6. The van der Waals surface area contributed by atoms with Gasteiger partial charge in [-0.05, 0) is 132 Å². The van der Waals surface area contributed by atoms with E-state index in [4.69, 9.17) is 0 Å². The van der Waals surface area contributed by atoms with Crippen LogP contribution < -0.4 is 9.80 Å². The molecule has 358 valence electrons. The van der Waals surface area contributed by atoms with Crippen molar-refractivity contribution in [1.82, 2.24) is 0 Å². The second-order valence-electron chi connectivity index (χ2n) is 18.8. The molecule has 0 atom stereocenters. The molecule has 0 aromatic heterocycles. The van der Waals surface area contributed by atoms with Gasteiger partial charge in [0.15, 0.2) is 12.3 Å². The summed E-state index contributed by atoms with van der Waals surface area (Å²) in [5.41, 5.74) is 8.53. The third-order valence-corrected chi connectivity index (χ3v) is 15.4. The largest absolute Gasteiger partial charge is 0.481 e. The molecule has 0 radical (unpaired) electrons. The highest BCUT2D eigenvalue weighted by Gasteiger charge is 2.46. The minimum atomic E-state index is -4.46. The molecule has 0 spiro atoms. The highest BCUT2D eigenvalue weighted by atomic mass is 32.2. The first-order valence-electron chi connectivity index (χ1n) is 22.8. The number of fused-ring (bicyclic) bond motifs is 6. The van der Waals surface area contributed by atoms with E-state index in [1.54, 1.807) is 24.3 Å². The van der Waals surface area contributed by atoms with E-state index in [1.165, 1.54) is 24.3 Å². The number of benzene rings is 6. The fraction of sp³-hybridized carbons (Fsp3) is 0.218. The lowest BCUT2D eigenvalue weighted by Crippen LogP contribution is -2.28. The highest BCUT2D eigenvalue weighted by molar-refractivity contribution is 7.86. The van der Waals surface area contributed by atoms with Gasteiger partial charge >= 0.3 is 11.9 Å². The first-order chi connectivity index (χ1) is 33.2. The number of hydrogen-bond acceptors (Lipinski definition) is 8. The lowest BCUT2D eigenvalue weighted by molar-refractivity contribution is -0.436. The number of aliphatic carboxylic acids is 2. The molecule has 6 aromatic rings. The molecule has 70 heavy (non-hydrogen) atoms. The molecule has 2 aliphatic heterocycles. The minimum absolute atomic E-state index is 0.136. The standard InChI is InChI=1S/C55H51N3O10S2/c1-54(2)47(56(31-29-49(59)60)45-25-17-37-33-41(69(63,64)65)21-23-43(37)51(45)54)27-19-35-15-16-36(53(35)58(39-11-7-5-8-12-39)40-13-9-6-10-14-40)20-28-48-55(3,4)52-44-24-22-42(70(66,67)68)34-38(44)18-26-46(52)57(48)32-30-50(61)62/h5-14,17-28,33-34H,15-16,29-32H2,1-4H3,(H3-,59,60,61,62,63,64,65,66,67,68)/p+1. The second kappa shape index (κ2) is 18.0. The second-order valence-corrected chi connectivity index (χ2v) is 21.7. The predicted molar refractivity (Wildman–Crippen MR) is 272 cm³/mol. The van der Waals surface area contributed by atoms with Crippen LogP contribution in [0.15, 0.2) is 178 Å². The van der Waals surface area contributed by atoms with E-state index in [-0.39, 0.29) is 35.7 Å². The van der Waals surface area contributed by atoms with E-state index in [0.29, 0.717) is 23.6 Å². The molecule has 4 N–H and O–H groups in total. The van der Waals surface area contributed by atoms with Crippen LogP contribution in [0.5, 0.6) is 0 Å². The van der Waals surface area contributed by atoms with E-state index in [1.807, 2.05) is 58.0 Å². The van der Waals surface area contributed by atoms with Crippen molar-refractivity contribution < 1.29 is 50.3 Å². The van der Waals surface area contributed by atoms with Crippen LogP contribution in [0.25, 0.3) is 21.5 Å². The van der Waals surface area contributed by atoms with Crippen molar-refractivity contribution in [3.8, 4) is 0 Å². The number of nitrogens with zero attached hydrogens (tertiary/aromatic N) is 3. The van der Waals surface area contributed by atoms with E-state index < -0.39 is 43.0 Å². The topological polar surface area (TPSA) is 193 Å². The Morgan fingerprint density at radius 3 is 1.77 bits per heavy atom. The maximum atomic E-state index is 12.1. The minimum Gasteiger partial charge on any atom is -0.481 e. The van der Waals surface area contributed by atoms with Crippen molar-refractivity contribution in [3.05, 3.63) is 179 Å². The maximum Gasteiger partial charge on any atom is 0.309 e. The van der Waals surface area contributed by atoms with Crippen molar-refractivity contribution in [2.45, 2.75) is 74.0 Å². The maximum absolute atomic E-state index is 12.1. The zero-order chi connectivity index (χ0) is 49.9. The molecular weight excluding hydrogens is 927 g/mol. The predicted octanol–water partition coefficient (Wildman–Crippen LogP) is 10.9. The fourth-order valence-corrected chi connectivity index (χ4v) is 11.6. The summed E-state index contributed by atoms with van der Waals surface area (Å²) < 4.78 is 70.2. The number of allylic oxidation sites excluding steroid dienone is 7. The molecule has 3 aliphatic rings. The van der Waals surface area contributed by atoms with Crippen LogP contribution in [0.1, 0.15) is 64.5 Å². The SMILES string of the molecule is CC1(C)C(/C=C/C2=C(N(c3ccccc3)c3ccccc3)C(=C/C=C3\N(CCC(=O)O)c4ccc5cc(S(=O)(=O)O)ccc5c4C3(C)C)/CC2)=[N+](CCC(=O)O)c2ccc3cc(S(=O)(=O)O)ccc3c21. The van der Waals surface area contributed by atoms with E-state index >= 15 is 0 Å². The summed E-state index contributed by atoms with van der Waals surface area (Å²) in [6, 6.07) is 36.4. The van der Waals surface area contributed by atoms with Gasteiger partial charge in [-0.3, -0.25) is 18.7 Å². The van der Waals surface area contributed by atoms with Gasteiger partial charge in [-0.25, -0.2) is 0 Å². The van der Waals surface area contributed by atoms with Crippen molar-refractivity contribution in [1.29, 1.82) is 0 Å². The lowest BCUT2D eigenvalue weighted by Gasteiger charge is -2.29. The summed E-state index contributed by atoms with van der Waals surface area (Å²) in [5.74, 6) is -1.90. The zero-order valence-corrected chi connectivity index (χ0v) is 40.6. The molecule has 0 saturated heterocycles. The number of carboxylic acid groups (broad SMARTS) is 2. The Morgan fingerprint density at radius 1 is 0.657 bits per heavy atom. The van der Waals surface area contributed by atoms with Gasteiger partial charge in [-0.15, -0.1) is 0 Å². The van der Waals surface area contributed by atoms with Gasteiger partial charge in [-0.1, -0.05) is 80.6 Å². The number of anilines is 3. The van der Waals surface area contributed by atoms with Crippen molar-refractivity contribution in [3.63, 3.8) is 0 Å². The third-order valence-electron chi connectivity index (χ3n) is 13.7. The normalized spacial score (nSPS) is 17.7. The summed E-state index contributed by atoms with van der Waals surface area (Å²) in [7, 11) is -8.92. The molecule has 1 aliphatic carbocycles. The molecule has 0 amide bonds. The Labute approximate surface area is 406 Å². The molecule has 6 aromatic carbocycles. The van der Waals surface area contributed by atoms with Crippen LogP contribution in [0.4, 0.5) is 22.7 Å². The van der Waals surface area contributed by atoms with Crippen molar-refractivity contribution in [2.24, 2.45) is 0 Å². The molecule has 0 saturated carbocycles. The average molecular weight is 979 g/mol. The Balaban J connectivity index is 1.22. The van der Waals surface area contributed by atoms with Crippen LogP contribution in [-0.4, -0.2) is 71.5 Å². The number of carboxylic acids is 2. The molecular formula is C55H52N3O10S2+. The van der Waals surface area contributed by atoms with E-state index in [9.17, 15) is 45.7 Å². The van der Waals surface area contributed by atoms with Gasteiger partial charge in [0.1, 0.15) is 6.42 Å². The Hall–Kier alpha value is -7.17. The Morgan fingerprint density at radius 2 is 1.21 bits per heavy atom. The van der Waals surface area contributed by atoms with Gasteiger partial charge in [0, 0.05) is 52.4 Å². The third kappa shape index (κ3) is 8.74. The molecule has 13 nitrogen and oxygen atoms in total. The van der Waals surface area contributed by atoms with Crippen molar-refractivity contribution >= 4 is 82.2 Å². The first-order valence-corrected chi connectivity index (χ1v) is 25.7. The summed E-state index contributed by atoms with van der Waals surface area (Å²) in [6.45, 7) is 8.63. The average Bonchev–Trinajstić information content (AvgIpc) is 3.88. The van der Waals surface area contributed by atoms with Gasteiger partial charge < -0.3 is 20.0 Å². The van der Waals surface area contributed by atoms with Crippen molar-refractivity contribution in [2.75, 3.05) is 22.9 Å². The van der Waals surface area contributed by atoms with Gasteiger partial charge in [0.25, 0.3) is 20.2 Å². The molecule has 0 fully saturated rings. The number of carbonyl (C=O) groups is 2. The monoisotopic (exact) mass is 978 g/mol. The first kappa shape index (κ1) is 47.9. The number of para-hydroxylation sites is 2. The lowest BCUT2D eigenvalue weighted by atomic mass is 9.79. The summed E-state index contributed by atoms with van der Waals surface area (Å²) >= 11 is 0. The quantitative estimate of drug-likeness (QED) is 0.0597. The van der Waals surface area contributed by atoms with Crippen LogP contribution >= 0.6 is 0 Å². The highest BCUT2D eigenvalue weighted by Crippen LogP contribution is 2.52. The molecule has 0 unspecified atom stereocenters. The smallest absolute Gasteiger partial charge is 0.309 e. The summed E-state index contributed by atoms with van der Waals surface area (Å²) in [6.07, 6.45) is 9.36. The molecule has 2 heterocycles. The van der Waals surface area contributed by atoms with E-state index in [0.717, 1.165) is 72.9 Å². The van der Waals surface area contributed by atoms with Crippen LogP contribution in [-0.2, 0) is 40.7 Å². The zero-order valence-electron chi connectivity index (χ0n) is 39.0. The Kier molecular flexibility index (Phi) is 12.3. The molecule has 0 bridgehead atoms. The van der Waals surface area contributed by atoms with Crippen LogP contribution in [0.2, 0.25) is 0 Å². The van der Waals surface area contributed by atoms with E-state index in [2.05, 4.69) is 81.2 Å². The number of rotatable bonds is 14. The molecule has 15 heteroatoms. The summed E-state index contributed by atoms with van der Waals surface area (Å²) in [5, 5.41) is 22.6. The van der Waals surface area contributed by atoms with Crippen LogP contribution in [0.3, 0.4) is 0 Å². The molecule has 9 rings (SSSR count). The summed E-state index contributed by atoms with van der Waals surface area (Å²) in [4.78, 5) is 28.0. The van der Waals surface area contributed by atoms with Crippen LogP contribution in [0, 0.1) is 0 Å². The Bertz CT molecular complexity index is 3520. The van der Waals surface area contributed by atoms with Gasteiger partial charge in [-0.2, -0.15) is 21.4 Å². The van der Waals surface area contributed by atoms with Gasteiger partial charge in [0.05, 0.1) is 27.3 Å².